The van der Waals surface area contributed by atoms with Crippen molar-refractivity contribution in [3.63, 3.8) is 0 Å². The number of aliphatic hydroxyl groups excluding tert-OH is 1. The van der Waals surface area contributed by atoms with Crippen LogP contribution in [0.4, 0.5) is 0 Å². The van der Waals surface area contributed by atoms with E-state index in [-0.39, 0.29) is 17.2 Å². The summed E-state index contributed by atoms with van der Waals surface area (Å²) in [4.78, 5) is 13.1. The van der Waals surface area contributed by atoms with Gasteiger partial charge in [-0.05, 0) is 50.5 Å². The number of aliphatic hydroxyl groups is 1. The van der Waals surface area contributed by atoms with Gasteiger partial charge in [-0.2, -0.15) is 0 Å². The normalized spacial score (nSPS) is 16.0. The van der Waals surface area contributed by atoms with E-state index in [1.807, 2.05) is 0 Å². The molecule has 1 amide bonds. The molecule has 0 unspecified atom stereocenters. The number of ether oxygens (including phenoxy) is 1. The second-order valence-electron chi connectivity index (χ2n) is 8.25. The number of benzene rings is 2. The number of rotatable bonds is 8. The van der Waals surface area contributed by atoms with Crippen molar-refractivity contribution in [2.24, 2.45) is 0 Å². The van der Waals surface area contributed by atoms with Crippen LogP contribution in [0.1, 0.15) is 38.3 Å². The predicted molar refractivity (Wildman–Crippen MR) is 119 cm³/mol. The van der Waals surface area contributed by atoms with Crippen LogP contribution in [0.2, 0.25) is 0 Å². The van der Waals surface area contributed by atoms with Crippen molar-refractivity contribution >= 4 is 20.8 Å². The SMILES string of the molecule is CC(C)(C)N1C(=O)C(NCCCOc2ccc(CO)cc2)=C(c2ccccc2)S1(=O)=O. The van der Waals surface area contributed by atoms with Crippen molar-refractivity contribution in [2.45, 2.75) is 39.3 Å². The number of carbonyl (C=O) groups is 1. The van der Waals surface area contributed by atoms with Crippen molar-refractivity contribution in [3.8, 4) is 5.75 Å². The molecule has 0 spiro atoms. The topological polar surface area (TPSA) is 95.9 Å². The monoisotopic (exact) mass is 444 g/mol. The summed E-state index contributed by atoms with van der Waals surface area (Å²) in [5, 5.41) is 12.1. The summed E-state index contributed by atoms with van der Waals surface area (Å²) >= 11 is 0. The molecule has 0 atom stereocenters. The fraction of sp³-hybridized carbons (Fsp3) is 0.348. The highest BCUT2D eigenvalue weighted by molar-refractivity contribution is 7.99. The van der Waals surface area contributed by atoms with Gasteiger partial charge in [0.05, 0.1) is 18.8 Å². The van der Waals surface area contributed by atoms with E-state index >= 15 is 0 Å². The molecule has 0 aromatic heterocycles. The van der Waals surface area contributed by atoms with Crippen molar-refractivity contribution in [3.05, 3.63) is 71.4 Å². The molecule has 0 aliphatic carbocycles. The molecule has 1 aliphatic heterocycles. The Kier molecular flexibility index (Phi) is 6.71. The number of nitrogens with zero attached hydrogens (tertiary/aromatic N) is 1. The van der Waals surface area contributed by atoms with E-state index in [4.69, 9.17) is 9.84 Å². The van der Waals surface area contributed by atoms with Crippen molar-refractivity contribution < 1.29 is 23.1 Å². The van der Waals surface area contributed by atoms with Gasteiger partial charge in [0.25, 0.3) is 15.9 Å². The lowest BCUT2D eigenvalue weighted by Crippen LogP contribution is -2.46. The summed E-state index contributed by atoms with van der Waals surface area (Å²) in [7, 11) is -3.98. The molecule has 0 fully saturated rings. The van der Waals surface area contributed by atoms with Gasteiger partial charge in [-0.1, -0.05) is 42.5 Å². The molecule has 0 bridgehead atoms. The first-order valence-corrected chi connectivity index (χ1v) is 11.6. The zero-order valence-corrected chi connectivity index (χ0v) is 18.8. The van der Waals surface area contributed by atoms with Crippen LogP contribution < -0.4 is 10.1 Å². The Balaban J connectivity index is 1.73. The summed E-state index contributed by atoms with van der Waals surface area (Å²) in [6.45, 7) is 5.84. The molecule has 0 radical (unpaired) electrons. The molecule has 8 heteroatoms. The Morgan fingerprint density at radius 2 is 1.68 bits per heavy atom. The first kappa shape index (κ1) is 22.8. The van der Waals surface area contributed by atoms with E-state index in [0.29, 0.717) is 30.9 Å². The highest BCUT2D eigenvalue weighted by Gasteiger charge is 2.49. The van der Waals surface area contributed by atoms with Gasteiger partial charge in [0.2, 0.25) is 0 Å². The van der Waals surface area contributed by atoms with Crippen LogP contribution >= 0.6 is 0 Å². The van der Waals surface area contributed by atoms with Crippen LogP contribution in [-0.2, 0) is 21.4 Å². The van der Waals surface area contributed by atoms with Crippen LogP contribution in [0.25, 0.3) is 4.91 Å². The van der Waals surface area contributed by atoms with Crippen LogP contribution in [0.15, 0.2) is 60.3 Å². The van der Waals surface area contributed by atoms with E-state index in [1.54, 1.807) is 75.4 Å². The smallest absolute Gasteiger partial charge is 0.285 e. The predicted octanol–water partition coefficient (Wildman–Crippen LogP) is 2.88. The highest BCUT2D eigenvalue weighted by atomic mass is 32.2. The van der Waals surface area contributed by atoms with E-state index in [2.05, 4.69) is 5.32 Å². The first-order valence-electron chi connectivity index (χ1n) is 10.1. The third kappa shape index (κ3) is 4.91. The maximum atomic E-state index is 13.3. The Hall–Kier alpha value is -2.84. The molecule has 2 N–H and O–H groups in total. The second-order valence-corrected chi connectivity index (χ2v) is 9.97. The zero-order chi connectivity index (χ0) is 22.6. The molecule has 7 nitrogen and oxygen atoms in total. The number of hydrogen-bond acceptors (Lipinski definition) is 6. The van der Waals surface area contributed by atoms with Gasteiger partial charge >= 0.3 is 0 Å². The van der Waals surface area contributed by atoms with Crippen molar-refractivity contribution in [2.75, 3.05) is 13.2 Å². The Labute approximate surface area is 183 Å². The molecule has 1 aliphatic rings. The fourth-order valence-corrected chi connectivity index (χ4v) is 5.46. The Morgan fingerprint density at radius 3 is 2.26 bits per heavy atom. The van der Waals surface area contributed by atoms with E-state index < -0.39 is 21.5 Å². The molecular weight excluding hydrogens is 416 g/mol. The molecule has 2 aromatic carbocycles. The minimum absolute atomic E-state index is 0.00790. The minimum Gasteiger partial charge on any atom is -0.494 e. The summed E-state index contributed by atoms with van der Waals surface area (Å²) in [6.07, 6.45) is 0.566. The third-order valence-corrected chi connectivity index (χ3v) is 6.92. The molecule has 31 heavy (non-hydrogen) atoms. The maximum absolute atomic E-state index is 13.3. The Bertz CT molecular complexity index is 1060. The van der Waals surface area contributed by atoms with Crippen LogP contribution in [0.3, 0.4) is 0 Å². The van der Waals surface area contributed by atoms with E-state index in [1.165, 1.54) is 0 Å². The lowest BCUT2D eigenvalue weighted by atomic mass is 10.1. The summed E-state index contributed by atoms with van der Waals surface area (Å²) in [6, 6.07) is 15.8. The molecule has 0 saturated carbocycles. The number of amides is 1. The van der Waals surface area contributed by atoms with Gasteiger partial charge in [0.1, 0.15) is 16.4 Å². The number of sulfonamides is 1. The van der Waals surface area contributed by atoms with Gasteiger partial charge in [-0.15, -0.1) is 0 Å². The molecule has 1 heterocycles. The van der Waals surface area contributed by atoms with E-state index in [0.717, 1.165) is 9.87 Å². The zero-order valence-electron chi connectivity index (χ0n) is 18.0. The van der Waals surface area contributed by atoms with Gasteiger partial charge in [0, 0.05) is 6.54 Å². The molecule has 166 valence electrons. The quantitative estimate of drug-likeness (QED) is 0.608. The molecule has 0 saturated heterocycles. The highest BCUT2D eigenvalue weighted by Crippen LogP contribution is 2.38. The summed E-state index contributed by atoms with van der Waals surface area (Å²) in [5.41, 5.74) is 0.487. The van der Waals surface area contributed by atoms with Gasteiger partial charge in [-0.25, -0.2) is 12.7 Å². The summed E-state index contributed by atoms with van der Waals surface area (Å²) < 4.78 is 33.1. The largest absolute Gasteiger partial charge is 0.494 e. The van der Waals surface area contributed by atoms with Crippen LogP contribution in [0, 0.1) is 0 Å². The van der Waals surface area contributed by atoms with Gasteiger partial charge < -0.3 is 15.2 Å². The first-order chi connectivity index (χ1) is 14.7. The number of carbonyl (C=O) groups excluding carboxylic acids is 1. The van der Waals surface area contributed by atoms with E-state index in [9.17, 15) is 13.2 Å². The molecule has 2 aromatic rings. The average Bonchev–Trinajstić information content (AvgIpc) is 2.93. The molecular formula is C23H28N2O5S. The third-order valence-electron chi connectivity index (χ3n) is 4.77. The van der Waals surface area contributed by atoms with Crippen LogP contribution in [-0.4, -0.2) is 42.4 Å². The number of hydrogen-bond donors (Lipinski definition) is 2. The molecule has 3 rings (SSSR count). The summed E-state index contributed by atoms with van der Waals surface area (Å²) in [5.74, 6) is 0.131. The number of nitrogens with one attached hydrogen (secondary N) is 1. The van der Waals surface area contributed by atoms with Crippen LogP contribution in [0.5, 0.6) is 5.75 Å². The Morgan fingerprint density at radius 1 is 1.03 bits per heavy atom. The van der Waals surface area contributed by atoms with Gasteiger partial charge in [0.15, 0.2) is 0 Å². The fourth-order valence-electron chi connectivity index (χ4n) is 3.40. The van der Waals surface area contributed by atoms with Gasteiger partial charge in [-0.3, -0.25) is 4.79 Å². The maximum Gasteiger partial charge on any atom is 0.285 e. The lowest BCUT2D eigenvalue weighted by Gasteiger charge is -2.30. The minimum atomic E-state index is -3.98. The van der Waals surface area contributed by atoms with Crippen molar-refractivity contribution in [1.82, 2.24) is 9.62 Å². The lowest BCUT2D eigenvalue weighted by molar-refractivity contribution is -0.125. The standard InChI is InChI=1S/C23H28N2O5S/c1-23(2,3)25-22(27)20(21(31(25,28)29)18-8-5-4-6-9-18)24-14-7-15-30-19-12-10-17(16-26)11-13-19/h4-6,8-13,24,26H,7,14-16H2,1-3H3. The average molecular weight is 445 g/mol. The van der Waals surface area contributed by atoms with Crippen molar-refractivity contribution in [1.29, 1.82) is 0 Å². The second kappa shape index (κ2) is 9.11.